The van der Waals surface area contributed by atoms with E-state index in [1.54, 1.807) is 0 Å². The van der Waals surface area contributed by atoms with Crippen molar-refractivity contribution in [1.82, 2.24) is 0 Å². The number of anilines is 1. The molecular formula is C10H13NO. The first kappa shape index (κ1) is 8.78. The fraction of sp³-hybridized carbons (Fsp3) is 0.300. The smallest absolute Gasteiger partial charge is 0.152 e. The van der Waals surface area contributed by atoms with E-state index >= 15 is 0 Å². The van der Waals surface area contributed by atoms with Crippen molar-refractivity contribution in [2.45, 2.75) is 20.8 Å². The van der Waals surface area contributed by atoms with Gasteiger partial charge in [0.05, 0.1) is 0 Å². The summed E-state index contributed by atoms with van der Waals surface area (Å²) in [5.74, 6) is 0. The lowest BCUT2D eigenvalue weighted by Gasteiger charge is -2.09. The summed E-state index contributed by atoms with van der Waals surface area (Å²) in [7, 11) is 0. The maximum absolute atomic E-state index is 10.6. The van der Waals surface area contributed by atoms with Crippen molar-refractivity contribution < 1.29 is 4.79 Å². The number of nitrogen functional groups attached to an aromatic ring is 1. The van der Waals surface area contributed by atoms with Crippen molar-refractivity contribution >= 4 is 12.0 Å². The van der Waals surface area contributed by atoms with E-state index in [4.69, 9.17) is 5.73 Å². The monoisotopic (exact) mass is 163 g/mol. The number of carbonyl (C=O) groups is 1. The van der Waals surface area contributed by atoms with Crippen LogP contribution in [0.4, 0.5) is 5.69 Å². The molecule has 0 saturated heterocycles. The SMILES string of the molecule is Cc1cc(C=O)c(N)c(C)c1C. The second kappa shape index (κ2) is 2.97. The van der Waals surface area contributed by atoms with Crippen LogP contribution in [0.1, 0.15) is 27.0 Å². The van der Waals surface area contributed by atoms with Crippen LogP contribution in [-0.4, -0.2) is 6.29 Å². The molecule has 2 N–H and O–H groups in total. The molecule has 0 aromatic heterocycles. The standard InChI is InChI=1S/C10H13NO/c1-6-4-9(5-12)10(11)8(3)7(6)2/h4-5H,11H2,1-3H3. The molecule has 0 amide bonds. The van der Waals surface area contributed by atoms with Gasteiger partial charge in [0.25, 0.3) is 0 Å². The Labute approximate surface area is 72.4 Å². The highest BCUT2D eigenvalue weighted by molar-refractivity contribution is 5.85. The van der Waals surface area contributed by atoms with Crippen LogP contribution in [0.25, 0.3) is 0 Å². The first-order valence-electron chi connectivity index (χ1n) is 3.89. The predicted molar refractivity (Wildman–Crippen MR) is 50.5 cm³/mol. The third-order valence-corrected chi connectivity index (χ3v) is 2.37. The molecule has 0 atom stereocenters. The van der Waals surface area contributed by atoms with E-state index in [-0.39, 0.29) is 0 Å². The number of rotatable bonds is 1. The Morgan fingerprint density at radius 2 is 1.83 bits per heavy atom. The molecule has 0 radical (unpaired) electrons. The van der Waals surface area contributed by atoms with E-state index in [0.717, 1.165) is 23.0 Å². The van der Waals surface area contributed by atoms with Crippen LogP contribution in [0.5, 0.6) is 0 Å². The van der Waals surface area contributed by atoms with Crippen LogP contribution in [-0.2, 0) is 0 Å². The van der Waals surface area contributed by atoms with Crippen molar-refractivity contribution in [1.29, 1.82) is 0 Å². The van der Waals surface area contributed by atoms with E-state index in [2.05, 4.69) is 0 Å². The number of carbonyl (C=O) groups excluding carboxylic acids is 1. The number of benzene rings is 1. The van der Waals surface area contributed by atoms with Crippen molar-refractivity contribution in [2.24, 2.45) is 0 Å². The van der Waals surface area contributed by atoms with Gasteiger partial charge >= 0.3 is 0 Å². The predicted octanol–water partition coefficient (Wildman–Crippen LogP) is 2.01. The highest BCUT2D eigenvalue weighted by Crippen LogP contribution is 2.22. The summed E-state index contributed by atoms with van der Waals surface area (Å²) in [6, 6.07) is 1.82. The van der Waals surface area contributed by atoms with Gasteiger partial charge in [0.1, 0.15) is 0 Å². The molecular weight excluding hydrogens is 150 g/mol. The lowest BCUT2D eigenvalue weighted by molar-refractivity contribution is 0.112. The van der Waals surface area contributed by atoms with Crippen LogP contribution >= 0.6 is 0 Å². The van der Waals surface area contributed by atoms with Gasteiger partial charge in [-0.05, 0) is 43.5 Å². The third-order valence-electron chi connectivity index (χ3n) is 2.37. The Morgan fingerprint density at radius 1 is 1.25 bits per heavy atom. The van der Waals surface area contributed by atoms with Crippen LogP contribution < -0.4 is 5.73 Å². The molecule has 12 heavy (non-hydrogen) atoms. The van der Waals surface area contributed by atoms with Gasteiger partial charge in [0.2, 0.25) is 0 Å². The van der Waals surface area contributed by atoms with Gasteiger partial charge in [-0.25, -0.2) is 0 Å². The fourth-order valence-electron chi connectivity index (χ4n) is 1.23. The van der Waals surface area contributed by atoms with Gasteiger partial charge in [-0.2, -0.15) is 0 Å². The molecule has 0 fully saturated rings. The number of nitrogens with two attached hydrogens (primary N) is 1. The number of hydrogen-bond acceptors (Lipinski definition) is 2. The molecule has 2 heteroatoms. The summed E-state index contributed by atoms with van der Waals surface area (Å²) in [6.45, 7) is 5.93. The lowest BCUT2D eigenvalue weighted by Crippen LogP contribution is -2.00. The number of hydrogen-bond donors (Lipinski definition) is 1. The summed E-state index contributed by atoms with van der Waals surface area (Å²) in [4.78, 5) is 10.6. The zero-order chi connectivity index (χ0) is 9.30. The second-order valence-corrected chi connectivity index (χ2v) is 3.06. The minimum absolute atomic E-state index is 0.593. The Morgan fingerprint density at radius 3 is 2.33 bits per heavy atom. The summed E-state index contributed by atoms with van der Waals surface area (Å²) in [5.41, 5.74) is 10.2. The van der Waals surface area contributed by atoms with Gasteiger partial charge in [-0.15, -0.1) is 0 Å². The van der Waals surface area contributed by atoms with Crippen LogP contribution in [0, 0.1) is 20.8 Å². The number of aldehydes is 1. The minimum Gasteiger partial charge on any atom is -0.398 e. The van der Waals surface area contributed by atoms with Crippen molar-refractivity contribution in [3.8, 4) is 0 Å². The van der Waals surface area contributed by atoms with Crippen molar-refractivity contribution in [3.63, 3.8) is 0 Å². The Balaban J connectivity index is 3.49. The third kappa shape index (κ3) is 1.20. The lowest BCUT2D eigenvalue weighted by atomic mass is 9.99. The maximum atomic E-state index is 10.6. The molecule has 0 saturated carbocycles. The van der Waals surface area contributed by atoms with Crippen LogP contribution in [0.15, 0.2) is 6.07 Å². The molecule has 1 aromatic carbocycles. The molecule has 64 valence electrons. The van der Waals surface area contributed by atoms with Gasteiger partial charge in [-0.3, -0.25) is 4.79 Å². The van der Waals surface area contributed by atoms with Gasteiger partial charge in [-0.1, -0.05) is 0 Å². The second-order valence-electron chi connectivity index (χ2n) is 3.06. The molecule has 1 aromatic rings. The van der Waals surface area contributed by atoms with Crippen molar-refractivity contribution in [2.75, 3.05) is 5.73 Å². The van der Waals surface area contributed by atoms with E-state index in [1.807, 2.05) is 26.8 Å². The molecule has 1 rings (SSSR count). The highest BCUT2D eigenvalue weighted by Gasteiger charge is 2.06. The van der Waals surface area contributed by atoms with E-state index < -0.39 is 0 Å². The zero-order valence-electron chi connectivity index (χ0n) is 7.64. The Hall–Kier alpha value is -1.31. The van der Waals surface area contributed by atoms with Crippen LogP contribution in [0.3, 0.4) is 0 Å². The maximum Gasteiger partial charge on any atom is 0.152 e. The zero-order valence-corrected chi connectivity index (χ0v) is 7.64. The first-order valence-corrected chi connectivity index (χ1v) is 3.89. The average molecular weight is 163 g/mol. The largest absolute Gasteiger partial charge is 0.398 e. The van der Waals surface area contributed by atoms with E-state index in [0.29, 0.717) is 11.3 Å². The number of aryl methyl sites for hydroxylation is 1. The van der Waals surface area contributed by atoms with E-state index in [9.17, 15) is 4.79 Å². The normalized spacial score (nSPS) is 9.92. The molecule has 0 spiro atoms. The Bertz CT molecular complexity index is 329. The summed E-state index contributed by atoms with van der Waals surface area (Å²) < 4.78 is 0. The summed E-state index contributed by atoms with van der Waals surface area (Å²) >= 11 is 0. The molecule has 0 aliphatic heterocycles. The average Bonchev–Trinajstić information content (AvgIpc) is 2.08. The molecule has 0 aliphatic rings. The van der Waals surface area contributed by atoms with Gasteiger partial charge in [0.15, 0.2) is 6.29 Å². The quantitative estimate of drug-likeness (QED) is 0.508. The highest BCUT2D eigenvalue weighted by atomic mass is 16.1. The van der Waals surface area contributed by atoms with Crippen LogP contribution in [0.2, 0.25) is 0 Å². The van der Waals surface area contributed by atoms with Gasteiger partial charge < -0.3 is 5.73 Å². The summed E-state index contributed by atoms with van der Waals surface area (Å²) in [5, 5.41) is 0. The summed E-state index contributed by atoms with van der Waals surface area (Å²) in [6.07, 6.45) is 0.800. The minimum atomic E-state index is 0.593. The molecule has 0 heterocycles. The van der Waals surface area contributed by atoms with Crippen molar-refractivity contribution in [3.05, 3.63) is 28.3 Å². The molecule has 0 aliphatic carbocycles. The topological polar surface area (TPSA) is 43.1 Å². The molecule has 0 unspecified atom stereocenters. The van der Waals surface area contributed by atoms with Gasteiger partial charge in [0, 0.05) is 11.3 Å². The Kier molecular flexibility index (Phi) is 2.18. The molecule has 0 bridgehead atoms. The molecule has 2 nitrogen and oxygen atoms in total. The first-order chi connectivity index (χ1) is 5.57. The van der Waals surface area contributed by atoms with E-state index in [1.165, 1.54) is 0 Å². The fourth-order valence-corrected chi connectivity index (χ4v) is 1.23.